The van der Waals surface area contributed by atoms with Gasteiger partial charge in [0.15, 0.2) is 0 Å². The Labute approximate surface area is 154 Å². The van der Waals surface area contributed by atoms with Crippen molar-refractivity contribution >= 4 is 21.6 Å². The summed E-state index contributed by atoms with van der Waals surface area (Å²) in [7, 11) is -1.94. The number of nitrogens with two attached hydrogens (primary N) is 1. The van der Waals surface area contributed by atoms with Crippen molar-refractivity contribution in [3.05, 3.63) is 58.6 Å². The number of rotatable bonds is 7. The molecule has 0 aliphatic heterocycles. The maximum atomic E-state index is 11.3. The maximum absolute atomic E-state index is 11.3. The lowest BCUT2D eigenvalue weighted by atomic mass is 10.0. The van der Waals surface area contributed by atoms with Crippen molar-refractivity contribution in [2.24, 2.45) is 17.0 Å². The van der Waals surface area contributed by atoms with Gasteiger partial charge in [0, 0.05) is 5.02 Å². The minimum absolute atomic E-state index is 0.164. The molecule has 1 aliphatic rings. The Morgan fingerprint density at radius 2 is 1.88 bits per heavy atom. The lowest BCUT2D eigenvalue weighted by Gasteiger charge is -2.09. The molecule has 3 rings (SSSR count). The summed E-state index contributed by atoms with van der Waals surface area (Å²) < 4.78 is 28.0. The van der Waals surface area contributed by atoms with Crippen LogP contribution >= 0.6 is 11.6 Å². The van der Waals surface area contributed by atoms with Gasteiger partial charge in [-0.05, 0) is 79.0 Å². The molecule has 25 heavy (non-hydrogen) atoms. The SMILES string of the molecule is COc1ccc(Cl)cc1CC[C@H]1C[C@@H]1Cc1ccc(S(N)(=O)=O)cc1. The van der Waals surface area contributed by atoms with E-state index in [1.807, 2.05) is 30.3 Å². The molecule has 0 unspecified atom stereocenters. The molecular formula is C19H22ClNO3S. The van der Waals surface area contributed by atoms with Gasteiger partial charge in [-0.2, -0.15) is 0 Å². The number of methoxy groups -OCH3 is 1. The standard InChI is InChI=1S/C19H22ClNO3S/c1-24-19-9-6-17(20)12-15(19)5-4-14-11-16(14)10-13-2-7-18(8-3-13)25(21,22)23/h2-3,6-9,12,14,16H,4-5,10-11H2,1H3,(H2,21,22,23)/t14-,16-/m0/s1. The third-order valence-corrected chi connectivity index (χ3v) is 6.01. The molecule has 1 aliphatic carbocycles. The third-order valence-electron chi connectivity index (χ3n) is 4.85. The van der Waals surface area contributed by atoms with Crippen LogP contribution in [-0.4, -0.2) is 15.5 Å². The minimum Gasteiger partial charge on any atom is -0.496 e. The van der Waals surface area contributed by atoms with Crippen LogP contribution in [0.25, 0.3) is 0 Å². The second-order valence-electron chi connectivity index (χ2n) is 6.64. The Morgan fingerprint density at radius 3 is 2.52 bits per heavy atom. The number of hydrogen-bond donors (Lipinski definition) is 1. The Balaban J connectivity index is 1.53. The van der Waals surface area contributed by atoms with Crippen molar-refractivity contribution in [1.29, 1.82) is 0 Å². The quantitative estimate of drug-likeness (QED) is 0.795. The van der Waals surface area contributed by atoms with Crippen LogP contribution in [0.1, 0.15) is 24.0 Å². The van der Waals surface area contributed by atoms with Gasteiger partial charge >= 0.3 is 0 Å². The Hall–Kier alpha value is -1.56. The number of aryl methyl sites for hydroxylation is 1. The lowest BCUT2D eigenvalue weighted by Crippen LogP contribution is -2.11. The van der Waals surface area contributed by atoms with Crippen molar-refractivity contribution in [2.75, 3.05) is 7.11 Å². The smallest absolute Gasteiger partial charge is 0.238 e. The second-order valence-corrected chi connectivity index (χ2v) is 8.64. The van der Waals surface area contributed by atoms with Crippen LogP contribution in [0, 0.1) is 11.8 Å². The highest BCUT2D eigenvalue weighted by Crippen LogP contribution is 2.44. The van der Waals surface area contributed by atoms with Gasteiger partial charge in [0.1, 0.15) is 5.75 Å². The Bertz CT molecular complexity index is 849. The van der Waals surface area contributed by atoms with Crippen molar-refractivity contribution in [1.82, 2.24) is 0 Å². The minimum atomic E-state index is -3.62. The number of sulfonamides is 1. The van der Waals surface area contributed by atoms with Gasteiger partial charge in [0.05, 0.1) is 12.0 Å². The number of ether oxygens (including phenoxy) is 1. The van der Waals surface area contributed by atoms with Crippen LogP contribution in [0.2, 0.25) is 5.02 Å². The predicted octanol–water partition coefficient (Wildman–Crippen LogP) is 3.81. The fourth-order valence-corrected chi connectivity index (χ4v) is 4.03. The molecule has 134 valence electrons. The molecule has 1 fully saturated rings. The topological polar surface area (TPSA) is 69.4 Å². The zero-order chi connectivity index (χ0) is 18.0. The fourth-order valence-electron chi connectivity index (χ4n) is 3.32. The van der Waals surface area contributed by atoms with Crippen LogP contribution < -0.4 is 9.88 Å². The van der Waals surface area contributed by atoms with Crippen LogP contribution in [0.4, 0.5) is 0 Å². The first-order valence-electron chi connectivity index (χ1n) is 8.31. The Morgan fingerprint density at radius 1 is 1.16 bits per heavy atom. The molecule has 0 bridgehead atoms. The molecule has 0 spiro atoms. The van der Waals surface area contributed by atoms with Gasteiger partial charge < -0.3 is 4.74 Å². The van der Waals surface area contributed by atoms with Crippen LogP contribution in [0.15, 0.2) is 47.4 Å². The average Bonchev–Trinajstić information content (AvgIpc) is 3.30. The summed E-state index contributed by atoms with van der Waals surface area (Å²) in [6, 6.07) is 12.6. The van der Waals surface area contributed by atoms with Crippen molar-refractivity contribution in [2.45, 2.75) is 30.6 Å². The number of hydrogen-bond acceptors (Lipinski definition) is 3. The zero-order valence-electron chi connectivity index (χ0n) is 14.1. The first kappa shape index (κ1) is 18.2. The summed E-state index contributed by atoms with van der Waals surface area (Å²) in [6.07, 6.45) is 4.24. The first-order valence-corrected chi connectivity index (χ1v) is 10.2. The van der Waals surface area contributed by atoms with Crippen LogP contribution in [-0.2, 0) is 22.9 Å². The first-order chi connectivity index (χ1) is 11.9. The molecule has 1 saturated carbocycles. The third kappa shape index (κ3) is 4.75. The highest BCUT2D eigenvalue weighted by Gasteiger charge is 2.36. The molecule has 2 N–H and O–H groups in total. The van der Waals surface area contributed by atoms with Crippen molar-refractivity contribution in [3.8, 4) is 5.75 Å². The molecular weight excluding hydrogens is 358 g/mol. The van der Waals surface area contributed by atoms with Crippen LogP contribution in [0.5, 0.6) is 5.75 Å². The van der Waals surface area contributed by atoms with E-state index in [0.29, 0.717) is 11.8 Å². The van der Waals surface area contributed by atoms with Gasteiger partial charge in [0.2, 0.25) is 10.0 Å². The molecule has 2 aromatic rings. The van der Waals surface area contributed by atoms with Gasteiger partial charge in [-0.1, -0.05) is 23.7 Å². The van der Waals surface area contributed by atoms with E-state index >= 15 is 0 Å². The molecule has 0 amide bonds. The summed E-state index contributed by atoms with van der Waals surface area (Å²) in [6.45, 7) is 0. The summed E-state index contributed by atoms with van der Waals surface area (Å²) >= 11 is 6.08. The summed E-state index contributed by atoms with van der Waals surface area (Å²) in [5.74, 6) is 2.24. The van der Waals surface area contributed by atoms with Crippen LogP contribution in [0.3, 0.4) is 0 Å². The monoisotopic (exact) mass is 379 g/mol. The van der Waals surface area contributed by atoms with E-state index in [1.165, 1.54) is 6.42 Å². The molecule has 4 nitrogen and oxygen atoms in total. The summed E-state index contributed by atoms with van der Waals surface area (Å²) in [4.78, 5) is 0.164. The molecule has 0 saturated heterocycles. The van der Waals surface area contributed by atoms with Gasteiger partial charge in [0.25, 0.3) is 0 Å². The largest absolute Gasteiger partial charge is 0.496 e. The number of benzene rings is 2. The molecule has 2 atom stereocenters. The number of halogens is 1. The van der Waals surface area contributed by atoms with Gasteiger partial charge in [-0.3, -0.25) is 0 Å². The van der Waals surface area contributed by atoms with Gasteiger partial charge in [-0.25, -0.2) is 13.6 Å². The van der Waals surface area contributed by atoms with Crippen molar-refractivity contribution < 1.29 is 13.2 Å². The van der Waals surface area contributed by atoms with E-state index in [1.54, 1.807) is 19.2 Å². The van der Waals surface area contributed by atoms with E-state index in [4.69, 9.17) is 21.5 Å². The van der Waals surface area contributed by atoms with Crippen molar-refractivity contribution in [3.63, 3.8) is 0 Å². The van der Waals surface area contributed by atoms with E-state index < -0.39 is 10.0 Å². The molecule has 0 radical (unpaired) electrons. The summed E-state index contributed by atoms with van der Waals surface area (Å²) in [5.41, 5.74) is 2.30. The molecule has 0 aromatic heterocycles. The molecule has 0 heterocycles. The van der Waals surface area contributed by atoms with E-state index in [-0.39, 0.29) is 4.90 Å². The summed E-state index contributed by atoms with van der Waals surface area (Å²) in [5, 5.41) is 5.86. The van der Waals surface area contributed by atoms with E-state index in [2.05, 4.69) is 0 Å². The second kappa shape index (κ2) is 7.36. The van der Waals surface area contributed by atoms with E-state index in [9.17, 15) is 8.42 Å². The van der Waals surface area contributed by atoms with Gasteiger partial charge in [-0.15, -0.1) is 0 Å². The highest BCUT2D eigenvalue weighted by atomic mass is 35.5. The average molecular weight is 380 g/mol. The maximum Gasteiger partial charge on any atom is 0.238 e. The normalized spacial score (nSPS) is 19.6. The zero-order valence-corrected chi connectivity index (χ0v) is 15.7. The molecule has 2 aromatic carbocycles. The molecule has 6 heteroatoms. The fraction of sp³-hybridized carbons (Fsp3) is 0.368. The number of primary sulfonamides is 1. The Kier molecular flexibility index (Phi) is 5.37. The van der Waals surface area contributed by atoms with E-state index in [0.717, 1.165) is 41.2 Å². The predicted molar refractivity (Wildman–Crippen MR) is 99.4 cm³/mol. The highest BCUT2D eigenvalue weighted by molar-refractivity contribution is 7.89. The lowest BCUT2D eigenvalue weighted by molar-refractivity contribution is 0.408.